The Kier molecular flexibility index (Phi) is 5.11. The number of halogens is 1. The third kappa shape index (κ3) is 3.82. The molecule has 1 aliphatic heterocycles. The normalized spacial score (nSPS) is 34.3. The van der Waals surface area contributed by atoms with Gasteiger partial charge in [0.2, 0.25) is 0 Å². The fourth-order valence-corrected chi connectivity index (χ4v) is 4.98. The van der Waals surface area contributed by atoms with Gasteiger partial charge in [-0.3, -0.25) is 0 Å². The van der Waals surface area contributed by atoms with E-state index in [1.165, 1.54) is 4.31 Å². The summed E-state index contributed by atoms with van der Waals surface area (Å²) in [4.78, 5) is 0. The smallest absolute Gasteiger partial charge is 0.280 e. The van der Waals surface area contributed by atoms with Crippen molar-refractivity contribution in [1.82, 2.24) is 9.03 Å². The monoisotopic (exact) mass is 310 g/mol. The minimum absolute atomic E-state index is 0.334. The Morgan fingerprint density at radius 1 is 1.42 bits per heavy atom. The number of nitrogens with zero attached hydrogens (tertiary/aromatic N) is 1. The van der Waals surface area contributed by atoms with Gasteiger partial charge in [0.05, 0.1) is 13.2 Å². The van der Waals surface area contributed by atoms with Gasteiger partial charge in [0.25, 0.3) is 10.2 Å². The Morgan fingerprint density at radius 3 is 2.68 bits per heavy atom. The lowest BCUT2D eigenvalue weighted by Gasteiger charge is -2.40. The minimum Gasteiger partial charge on any atom is -0.379 e. The Labute approximate surface area is 120 Å². The number of hydrogen-bond acceptors (Lipinski definition) is 3. The first-order valence-electron chi connectivity index (χ1n) is 6.90. The van der Waals surface area contributed by atoms with Crippen LogP contribution in [0.3, 0.4) is 0 Å². The fraction of sp³-hybridized carbons (Fsp3) is 1.00. The van der Waals surface area contributed by atoms with E-state index in [9.17, 15) is 8.42 Å². The lowest BCUT2D eigenvalue weighted by Crippen LogP contribution is -2.58. The molecule has 2 fully saturated rings. The SMILES string of the molecule is CC1CCCC(CCl)(NS(=O)(=O)N2CCOCC2)C1. The van der Waals surface area contributed by atoms with Gasteiger partial charge in [-0.1, -0.05) is 19.8 Å². The predicted molar refractivity (Wildman–Crippen MR) is 75.5 cm³/mol. The van der Waals surface area contributed by atoms with Crippen molar-refractivity contribution in [2.75, 3.05) is 32.2 Å². The molecule has 0 spiro atoms. The zero-order valence-corrected chi connectivity index (χ0v) is 13.0. The molecule has 2 atom stereocenters. The first-order valence-corrected chi connectivity index (χ1v) is 8.88. The van der Waals surface area contributed by atoms with E-state index in [-0.39, 0.29) is 0 Å². The summed E-state index contributed by atoms with van der Waals surface area (Å²) in [7, 11) is -3.46. The Balaban J connectivity index is 2.07. The summed E-state index contributed by atoms with van der Waals surface area (Å²) >= 11 is 6.08. The van der Waals surface area contributed by atoms with Crippen molar-refractivity contribution in [3.8, 4) is 0 Å². The van der Waals surface area contributed by atoms with Gasteiger partial charge in [-0.2, -0.15) is 17.4 Å². The van der Waals surface area contributed by atoms with Crippen LogP contribution in [-0.2, 0) is 14.9 Å². The molecular weight excluding hydrogens is 288 g/mol. The summed E-state index contributed by atoms with van der Waals surface area (Å²) in [5.74, 6) is 0.848. The Morgan fingerprint density at radius 2 is 2.11 bits per heavy atom. The predicted octanol–water partition coefficient (Wildman–Crippen LogP) is 1.34. The van der Waals surface area contributed by atoms with Crippen LogP contribution in [0.15, 0.2) is 0 Å². The van der Waals surface area contributed by atoms with Crippen LogP contribution in [0.1, 0.15) is 32.6 Å². The van der Waals surface area contributed by atoms with E-state index in [0.29, 0.717) is 38.1 Å². The van der Waals surface area contributed by atoms with Gasteiger partial charge >= 0.3 is 0 Å². The minimum atomic E-state index is -3.46. The summed E-state index contributed by atoms with van der Waals surface area (Å²) in [6.07, 6.45) is 3.82. The third-order valence-electron chi connectivity index (χ3n) is 4.00. The van der Waals surface area contributed by atoms with Crippen LogP contribution in [0.5, 0.6) is 0 Å². The van der Waals surface area contributed by atoms with Gasteiger partial charge in [0, 0.05) is 24.5 Å². The van der Waals surface area contributed by atoms with Crippen LogP contribution < -0.4 is 4.72 Å². The molecule has 7 heteroatoms. The molecule has 1 heterocycles. The standard InChI is InChI=1S/C12H23ClN2O3S/c1-11-3-2-4-12(9-11,10-13)14-19(16,17)15-5-7-18-8-6-15/h11,14H,2-10H2,1H3. The second-order valence-corrected chi connectivity index (χ2v) is 7.67. The largest absolute Gasteiger partial charge is 0.379 e. The molecule has 19 heavy (non-hydrogen) atoms. The Bertz CT molecular complexity index is 398. The number of nitrogens with one attached hydrogen (secondary N) is 1. The first-order chi connectivity index (χ1) is 8.97. The third-order valence-corrected chi connectivity index (χ3v) is 6.25. The van der Waals surface area contributed by atoms with Gasteiger partial charge in [-0.05, 0) is 18.8 Å². The molecule has 2 rings (SSSR count). The van der Waals surface area contributed by atoms with Gasteiger partial charge in [0.15, 0.2) is 0 Å². The van der Waals surface area contributed by atoms with Crippen molar-refractivity contribution >= 4 is 21.8 Å². The van der Waals surface area contributed by atoms with Crippen molar-refractivity contribution in [2.45, 2.75) is 38.1 Å². The number of ether oxygens (including phenoxy) is 1. The van der Waals surface area contributed by atoms with E-state index < -0.39 is 15.7 Å². The molecule has 1 saturated heterocycles. The lowest BCUT2D eigenvalue weighted by molar-refractivity contribution is 0.0715. The highest BCUT2D eigenvalue weighted by Gasteiger charge is 2.39. The van der Waals surface area contributed by atoms with Crippen LogP contribution in [0.2, 0.25) is 0 Å². The van der Waals surface area contributed by atoms with Gasteiger partial charge in [0.1, 0.15) is 0 Å². The van der Waals surface area contributed by atoms with Crippen molar-refractivity contribution in [3.05, 3.63) is 0 Å². The molecule has 0 aromatic heterocycles. The molecule has 1 N–H and O–H groups in total. The quantitative estimate of drug-likeness (QED) is 0.797. The summed E-state index contributed by atoms with van der Waals surface area (Å²) in [5.41, 5.74) is -0.476. The highest BCUT2D eigenvalue weighted by molar-refractivity contribution is 7.87. The molecule has 1 saturated carbocycles. The van der Waals surface area contributed by atoms with E-state index in [2.05, 4.69) is 11.6 Å². The average Bonchev–Trinajstić information content (AvgIpc) is 2.39. The topological polar surface area (TPSA) is 58.6 Å². The van der Waals surface area contributed by atoms with Crippen LogP contribution in [0.25, 0.3) is 0 Å². The second-order valence-electron chi connectivity index (χ2n) is 5.73. The number of hydrogen-bond donors (Lipinski definition) is 1. The molecule has 0 aromatic carbocycles. The van der Waals surface area contributed by atoms with Gasteiger partial charge in [-0.15, -0.1) is 11.6 Å². The highest BCUT2D eigenvalue weighted by Crippen LogP contribution is 2.34. The molecule has 112 valence electrons. The van der Waals surface area contributed by atoms with Gasteiger partial charge < -0.3 is 4.74 Å². The zero-order chi connectivity index (χ0) is 13.9. The van der Waals surface area contributed by atoms with E-state index in [0.717, 1.165) is 25.7 Å². The summed E-state index contributed by atoms with van der Waals surface area (Å²) in [6.45, 7) is 3.92. The average molecular weight is 311 g/mol. The maximum Gasteiger partial charge on any atom is 0.280 e. The van der Waals surface area contributed by atoms with Gasteiger partial charge in [-0.25, -0.2) is 0 Å². The van der Waals surface area contributed by atoms with Crippen LogP contribution in [-0.4, -0.2) is 50.4 Å². The molecule has 1 aliphatic carbocycles. The van der Waals surface area contributed by atoms with Crippen molar-refractivity contribution in [3.63, 3.8) is 0 Å². The molecular formula is C12H23ClN2O3S. The van der Waals surface area contributed by atoms with Crippen LogP contribution in [0, 0.1) is 5.92 Å². The lowest BCUT2D eigenvalue weighted by atomic mass is 9.78. The molecule has 0 radical (unpaired) electrons. The molecule has 0 amide bonds. The molecule has 5 nitrogen and oxygen atoms in total. The zero-order valence-electron chi connectivity index (χ0n) is 11.4. The molecule has 2 unspecified atom stereocenters. The number of alkyl halides is 1. The maximum atomic E-state index is 12.4. The van der Waals surface area contributed by atoms with E-state index in [1.807, 2.05) is 0 Å². The summed E-state index contributed by atoms with van der Waals surface area (Å²) in [6, 6.07) is 0. The van der Waals surface area contributed by atoms with Crippen LogP contribution in [0.4, 0.5) is 0 Å². The van der Waals surface area contributed by atoms with Crippen molar-refractivity contribution in [2.24, 2.45) is 5.92 Å². The fourth-order valence-electron chi connectivity index (χ4n) is 3.03. The van der Waals surface area contributed by atoms with E-state index >= 15 is 0 Å². The second kappa shape index (κ2) is 6.26. The first kappa shape index (κ1) is 15.5. The Hall–Kier alpha value is 0.120. The van der Waals surface area contributed by atoms with E-state index in [4.69, 9.17) is 16.3 Å². The maximum absolute atomic E-state index is 12.4. The molecule has 0 aromatic rings. The number of rotatable bonds is 4. The molecule has 2 aliphatic rings. The summed E-state index contributed by atoms with van der Waals surface area (Å²) < 4.78 is 34.4. The summed E-state index contributed by atoms with van der Waals surface area (Å²) in [5, 5.41) is 0. The number of morpholine rings is 1. The molecule has 0 bridgehead atoms. The van der Waals surface area contributed by atoms with Crippen LogP contribution >= 0.6 is 11.6 Å². The van der Waals surface area contributed by atoms with Crippen molar-refractivity contribution in [1.29, 1.82) is 0 Å². The van der Waals surface area contributed by atoms with E-state index in [1.54, 1.807) is 0 Å². The highest BCUT2D eigenvalue weighted by atomic mass is 35.5. The van der Waals surface area contributed by atoms with Crippen molar-refractivity contribution < 1.29 is 13.2 Å².